The third-order valence-corrected chi connectivity index (χ3v) is 5.16. The zero-order chi connectivity index (χ0) is 19.1. The Morgan fingerprint density at radius 1 is 1.19 bits per heavy atom. The van der Waals surface area contributed by atoms with Gasteiger partial charge in [-0.3, -0.25) is 9.59 Å². The fraction of sp³-hybridized carbons (Fsp3) is 0.556. The van der Waals surface area contributed by atoms with Crippen molar-refractivity contribution >= 4 is 11.8 Å². The first-order valence-electron chi connectivity index (χ1n) is 8.63. The number of nitrogens with zero attached hydrogens (tertiary/aromatic N) is 2. The van der Waals surface area contributed by atoms with Gasteiger partial charge >= 0.3 is 6.18 Å². The van der Waals surface area contributed by atoms with E-state index in [-0.39, 0.29) is 30.9 Å². The van der Waals surface area contributed by atoms with Gasteiger partial charge in [-0.05, 0) is 44.5 Å². The molecule has 1 aromatic carbocycles. The second-order valence-electron chi connectivity index (χ2n) is 7.16. The summed E-state index contributed by atoms with van der Waals surface area (Å²) in [5.74, 6) is -0.272. The molecular weight excluding hydrogens is 347 g/mol. The molecule has 8 heteroatoms. The molecule has 0 saturated carbocycles. The van der Waals surface area contributed by atoms with E-state index in [0.717, 1.165) is 12.1 Å². The average Bonchev–Trinajstić information content (AvgIpc) is 3.05. The molecule has 142 valence electrons. The summed E-state index contributed by atoms with van der Waals surface area (Å²) in [6.45, 7) is 4.84. The third-order valence-electron chi connectivity index (χ3n) is 5.16. The smallest absolute Gasteiger partial charge is 0.329 e. The largest absolute Gasteiger partial charge is 0.416 e. The zero-order valence-corrected chi connectivity index (χ0v) is 14.8. The molecule has 0 aromatic heterocycles. The minimum absolute atomic E-state index is 0.00111. The molecule has 0 bridgehead atoms. The van der Waals surface area contributed by atoms with E-state index in [2.05, 4.69) is 5.32 Å². The number of alkyl halides is 3. The summed E-state index contributed by atoms with van der Waals surface area (Å²) in [6.07, 6.45) is -3.90. The van der Waals surface area contributed by atoms with Crippen LogP contribution in [0.1, 0.15) is 31.4 Å². The highest BCUT2D eigenvalue weighted by Crippen LogP contribution is 2.33. The number of rotatable bonds is 3. The number of hydrogen-bond acceptors (Lipinski definition) is 3. The summed E-state index contributed by atoms with van der Waals surface area (Å²) >= 11 is 0. The molecule has 1 spiro atoms. The number of halogens is 3. The van der Waals surface area contributed by atoms with Crippen LogP contribution >= 0.6 is 0 Å². The van der Waals surface area contributed by atoms with Crippen LogP contribution in [-0.2, 0) is 22.3 Å². The first-order valence-corrected chi connectivity index (χ1v) is 8.63. The zero-order valence-electron chi connectivity index (χ0n) is 14.8. The highest BCUT2D eigenvalue weighted by atomic mass is 19.4. The lowest BCUT2D eigenvalue weighted by Crippen LogP contribution is -2.69. The molecule has 1 aromatic rings. The monoisotopic (exact) mass is 369 g/mol. The number of carbonyl (C=O) groups is 2. The number of piperazine rings is 1. The molecule has 3 rings (SSSR count). The van der Waals surface area contributed by atoms with Crippen LogP contribution in [0.4, 0.5) is 13.2 Å². The van der Waals surface area contributed by atoms with Crippen LogP contribution in [0.3, 0.4) is 0 Å². The predicted molar refractivity (Wildman–Crippen MR) is 89.1 cm³/mol. The number of amides is 2. The van der Waals surface area contributed by atoms with Crippen molar-refractivity contribution in [3.05, 3.63) is 35.4 Å². The molecule has 0 radical (unpaired) electrons. The minimum Gasteiger partial charge on any atom is -0.329 e. The Hall–Kier alpha value is -2.09. The van der Waals surface area contributed by atoms with Gasteiger partial charge in [0.2, 0.25) is 5.91 Å². The minimum atomic E-state index is -4.40. The topological polar surface area (TPSA) is 52.7 Å². The first kappa shape index (κ1) is 18.7. The Bertz CT molecular complexity index is 695. The lowest BCUT2D eigenvalue weighted by atomic mass is 9.89. The fourth-order valence-electron chi connectivity index (χ4n) is 3.65. The average molecular weight is 369 g/mol. The highest BCUT2D eigenvalue weighted by molar-refractivity contribution is 5.98. The summed E-state index contributed by atoms with van der Waals surface area (Å²) in [5.41, 5.74) is -1.11. The van der Waals surface area contributed by atoms with Gasteiger partial charge in [-0.25, -0.2) is 0 Å². The van der Waals surface area contributed by atoms with Crippen molar-refractivity contribution in [1.82, 2.24) is 15.1 Å². The van der Waals surface area contributed by atoms with Crippen LogP contribution in [0, 0.1) is 0 Å². The molecule has 1 atom stereocenters. The third kappa shape index (κ3) is 3.18. The van der Waals surface area contributed by atoms with Crippen LogP contribution < -0.4 is 5.32 Å². The molecule has 1 unspecified atom stereocenters. The van der Waals surface area contributed by atoms with Gasteiger partial charge in [0.15, 0.2) is 0 Å². The van der Waals surface area contributed by atoms with Crippen LogP contribution in [0.5, 0.6) is 0 Å². The molecular formula is C18H22F3N3O2. The van der Waals surface area contributed by atoms with Crippen LogP contribution in [0.15, 0.2) is 24.3 Å². The summed E-state index contributed by atoms with van der Waals surface area (Å²) < 4.78 is 38.2. The molecule has 1 N–H and O–H groups in total. The van der Waals surface area contributed by atoms with Gasteiger partial charge in [0, 0.05) is 19.1 Å². The maximum atomic E-state index is 13.1. The SMILES string of the molecule is CC(C)N1CC(=O)N(Cc2ccc(C(F)(F)F)cc2)C2(CCNC2)C1=O. The van der Waals surface area contributed by atoms with E-state index in [1.54, 1.807) is 4.90 Å². The maximum absolute atomic E-state index is 13.1. The Morgan fingerprint density at radius 2 is 1.85 bits per heavy atom. The van der Waals surface area contributed by atoms with Gasteiger partial charge in [-0.1, -0.05) is 12.1 Å². The van der Waals surface area contributed by atoms with E-state index < -0.39 is 17.3 Å². The lowest BCUT2D eigenvalue weighted by molar-refractivity contribution is -0.166. The second kappa shape index (κ2) is 6.57. The molecule has 2 heterocycles. The van der Waals surface area contributed by atoms with Crippen LogP contribution in [0.25, 0.3) is 0 Å². The Balaban J connectivity index is 1.88. The summed E-state index contributed by atoms with van der Waals surface area (Å²) in [4.78, 5) is 29.0. The van der Waals surface area contributed by atoms with Crippen molar-refractivity contribution in [1.29, 1.82) is 0 Å². The molecule has 2 saturated heterocycles. The maximum Gasteiger partial charge on any atom is 0.416 e. The Labute approximate surface area is 150 Å². The highest BCUT2D eigenvalue weighted by Gasteiger charge is 2.54. The van der Waals surface area contributed by atoms with Crippen molar-refractivity contribution in [2.24, 2.45) is 0 Å². The number of nitrogens with one attached hydrogen (secondary N) is 1. The normalized spacial score (nSPS) is 24.2. The van der Waals surface area contributed by atoms with Crippen molar-refractivity contribution in [3.63, 3.8) is 0 Å². The van der Waals surface area contributed by atoms with Crippen molar-refractivity contribution in [2.75, 3.05) is 19.6 Å². The molecule has 2 fully saturated rings. The van der Waals surface area contributed by atoms with Crippen molar-refractivity contribution in [2.45, 2.75) is 44.6 Å². The molecule has 2 amide bonds. The molecule has 26 heavy (non-hydrogen) atoms. The number of benzene rings is 1. The van der Waals surface area contributed by atoms with E-state index in [4.69, 9.17) is 0 Å². The molecule has 0 aliphatic carbocycles. The van der Waals surface area contributed by atoms with Crippen molar-refractivity contribution < 1.29 is 22.8 Å². The van der Waals surface area contributed by atoms with E-state index in [9.17, 15) is 22.8 Å². The van der Waals surface area contributed by atoms with Crippen molar-refractivity contribution in [3.8, 4) is 0 Å². The number of hydrogen-bond donors (Lipinski definition) is 1. The summed E-state index contributed by atoms with van der Waals surface area (Å²) in [5, 5.41) is 3.15. The number of carbonyl (C=O) groups excluding carboxylic acids is 2. The van der Waals surface area contributed by atoms with Gasteiger partial charge in [-0.2, -0.15) is 13.2 Å². The first-order chi connectivity index (χ1) is 12.1. The Kier molecular flexibility index (Phi) is 4.72. The van der Waals surface area contributed by atoms with Gasteiger partial charge in [-0.15, -0.1) is 0 Å². The van der Waals surface area contributed by atoms with Gasteiger partial charge < -0.3 is 15.1 Å². The fourth-order valence-corrected chi connectivity index (χ4v) is 3.65. The summed E-state index contributed by atoms with van der Waals surface area (Å²) in [6, 6.07) is 4.66. The van der Waals surface area contributed by atoms with E-state index in [0.29, 0.717) is 25.1 Å². The van der Waals surface area contributed by atoms with Crippen LogP contribution in [-0.4, -0.2) is 52.8 Å². The predicted octanol–water partition coefficient (Wildman–Crippen LogP) is 2.02. The van der Waals surface area contributed by atoms with Crippen LogP contribution in [0.2, 0.25) is 0 Å². The standard InChI is InChI=1S/C18H22F3N3O2/c1-12(2)23-10-15(25)24(17(16(23)26)7-8-22-11-17)9-13-3-5-14(6-4-13)18(19,20)21/h3-6,12,22H,7-11H2,1-2H3. The van der Waals surface area contributed by atoms with Gasteiger partial charge in [0.25, 0.3) is 5.91 Å². The molecule has 2 aliphatic rings. The second-order valence-corrected chi connectivity index (χ2v) is 7.16. The molecule has 5 nitrogen and oxygen atoms in total. The van der Waals surface area contributed by atoms with E-state index >= 15 is 0 Å². The van der Waals surface area contributed by atoms with Gasteiger partial charge in [0.05, 0.1) is 5.56 Å². The quantitative estimate of drug-likeness (QED) is 0.887. The lowest BCUT2D eigenvalue weighted by Gasteiger charge is -2.48. The van der Waals surface area contributed by atoms with E-state index in [1.165, 1.54) is 17.0 Å². The Morgan fingerprint density at radius 3 is 2.35 bits per heavy atom. The molecule has 2 aliphatic heterocycles. The summed E-state index contributed by atoms with van der Waals surface area (Å²) in [7, 11) is 0. The van der Waals surface area contributed by atoms with Gasteiger partial charge in [0.1, 0.15) is 12.1 Å². The van der Waals surface area contributed by atoms with E-state index in [1.807, 2.05) is 13.8 Å².